The third-order valence-electron chi connectivity index (χ3n) is 3.55. The third-order valence-corrected chi connectivity index (χ3v) is 3.55. The van der Waals surface area contributed by atoms with E-state index in [1.54, 1.807) is 13.0 Å². The number of pyridine rings is 1. The maximum atomic E-state index is 12.4. The maximum absolute atomic E-state index is 12.4. The van der Waals surface area contributed by atoms with Crippen LogP contribution in [-0.4, -0.2) is 17.1 Å². The van der Waals surface area contributed by atoms with Crippen LogP contribution in [0.1, 0.15) is 25.0 Å². The molecule has 0 atom stereocenters. The first-order chi connectivity index (χ1) is 11.1. The van der Waals surface area contributed by atoms with Crippen molar-refractivity contribution in [1.82, 2.24) is 4.57 Å². The Labute approximate surface area is 134 Å². The molecule has 0 saturated heterocycles. The van der Waals surface area contributed by atoms with Crippen molar-refractivity contribution in [3.8, 4) is 17.3 Å². The van der Waals surface area contributed by atoms with E-state index < -0.39 is 11.5 Å². The first-order valence-electron chi connectivity index (χ1n) is 7.49. The van der Waals surface area contributed by atoms with Gasteiger partial charge >= 0.3 is 5.97 Å². The summed E-state index contributed by atoms with van der Waals surface area (Å²) >= 11 is 0. The molecule has 0 unspecified atom stereocenters. The van der Waals surface area contributed by atoms with E-state index in [-0.39, 0.29) is 18.7 Å². The van der Waals surface area contributed by atoms with Crippen molar-refractivity contribution in [2.75, 3.05) is 6.61 Å². The summed E-state index contributed by atoms with van der Waals surface area (Å²) in [6.07, 6.45) is 0.920. The van der Waals surface area contributed by atoms with Gasteiger partial charge in [-0.25, -0.2) is 0 Å². The average molecular weight is 310 g/mol. The fourth-order valence-electron chi connectivity index (χ4n) is 2.32. The molecule has 0 spiro atoms. The Hall–Kier alpha value is -2.87. The van der Waals surface area contributed by atoms with Crippen LogP contribution >= 0.6 is 0 Å². The molecular formula is C18H18N2O3. The van der Waals surface area contributed by atoms with Crippen molar-refractivity contribution in [2.24, 2.45) is 0 Å². The van der Waals surface area contributed by atoms with Crippen LogP contribution in [0.4, 0.5) is 0 Å². The standard InChI is InChI=1S/C18H18N2O3/c1-3-13-5-7-14(8-6-13)16-10-9-15(11-19)18(22)20(16)12-17(21)23-4-2/h5-10H,3-4,12H2,1-2H3. The molecule has 23 heavy (non-hydrogen) atoms. The second kappa shape index (κ2) is 7.41. The van der Waals surface area contributed by atoms with Crippen LogP contribution in [0.3, 0.4) is 0 Å². The van der Waals surface area contributed by atoms with Gasteiger partial charge in [0.1, 0.15) is 18.2 Å². The average Bonchev–Trinajstić information content (AvgIpc) is 2.57. The lowest BCUT2D eigenvalue weighted by atomic mass is 10.1. The van der Waals surface area contributed by atoms with E-state index in [1.165, 1.54) is 16.2 Å². The minimum Gasteiger partial charge on any atom is -0.465 e. The molecule has 0 amide bonds. The molecule has 0 fully saturated rings. The zero-order chi connectivity index (χ0) is 16.8. The Morgan fingerprint density at radius 3 is 2.43 bits per heavy atom. The SMILES string of the molecule is CCOC(=O)Cn1c(-c2ccc(CC)cc2)ccc(C#N)c1=O. The van der Waals surface area contributed by atoms with Crippen molar-refractivity contribution in [2.45, 2.75) is 26.8 Å². The lowest BCUT2D eigenvalue weighted by Crippen LogP contribution is -2.28. The van der Waals surface area contributed by atoms with Crippen molar-refractivity contribution in [3.63, 3.8) is 0 Å². The Morgan fingerprint density at radius 1 is 1.17 bits per heavy atom. The van der Waals surface area contributed by atoms with Crippen molar-refractivity contribution < 1.29 is 9.53 Å². The molecule has 2 rings (SSSR count). The number of nitrogens with zero attached hydrogens (tertiary/aromatic N) is 2. The molecule has 0 aliphatic carbocycles. The van der Waals surface area contributed by atoms with E-state index in [9.17, 15) is 9.59 Å². The van der Waals surface area contributed by atoms with Gasteiger partial charge in [-0.05, 0) is 36.6 Å². The monoisotopic (exact) mass is 310 g/mol. The van der Waals surface area contributed by atoms with Gasteiger partial charge in [0, 0.05) is 0 Å². The molecule has 0 radical (unpaired) electrons. The number of aromatic nitrogens is 1. The van der Waals surface area contributed by atoms with E-state index in [2.05, 4.69) is 6.92 Å². The molecule has 0 aliphatic heterocycles. The van der Waals surface area contributed by atoms with Crippen LogP contribution in [0.15, 0.2) is 41.2 Å². The molecule has 0 aliphatic rings. The van der Waals surface area contributed by atoms with Gasteiger partial charge in [0.05, 0.1) is 12.3 Å². The number of hydrogen-bond acceptors (Lipinski definition) is 4. The van der Waals surface area contributed by atoms with E-state index >= 15 is 0 Å². The first kappa shape index (κ1) is 16.5. The van der Waals surface area contributed by atoms with Crippen molar-refractivity contribution in [3.05, 3.63) is 57.9 Å². The van der Waals surface area contributed by atoms with Crippen molar-refractivity contribution in [1.29, 1.82) is 5.26 Å². The van der Waals surface area contributed by atoms with Gasteiger partial charge < -0.3 is 4.74 Å². The number of ether oxygens (including phenoxy) is 1. The second-order valence-electron chi connectivity index (χ2n) is 4.99. The maximum Gasteiger partial charge on any atom is 0.326 e. The van der Waals surface area contributed by atoms with Crippen LogP contribution in [0.25, 0.3) is 11.3 Å². The summed E-state index contributed by atoms with van der Waals surface area (Å²) in [6.45, 7) is 3.79. The van der Waals surface area contributed by atoms with Crippen LogP contribution in [0.2, 0.25) is 0 Å². The van der Waals surface area contributed by atoms with Gasteiger partial charge in [0.25, 0.3) is 5.56 Å². The zero-order valence-corrected chi connectivity index (χ0v) is 13.2. The molecular weight excluding hydrogens is 292 g/mol. The highest BCUT2D eigenvalue weighted by atomic mass is 16.5. The highest BCUT2D eigenvalue weighted by Gasteiger charge is 2.14. The molecule has 5 nitrogen and oxygen atoms in total. The fourth-order valence-corrected chi connectivity index (χ4v) is 2.32. The number of aryl methyl sites for hydroxylation is 1. The van der Waals surface area contributed by atoms with Crippen molar-refractivity contribution >= 4 is 5.97 Å². The number of carbonyl (C=O) groups is 1. The quantitative estimate of drug-likeness (QED) is 0.795. The topological polar surface area (TPSA) is 72.1 Å². The number of hydrogen-bond donors (Lipinski definition) is 0. The summed E-state index contributed by atoms with van der Waals surface area (Å²) in [5.41, 5.74) is 2.10. The van der Waals surface area contributed by atoms with E-state index in [4.69, 9.17) is 10.00 Å². The lowest BCUT2D eigenvalue weighted by Gasteiger charge is -2.13. The van der Waals surface area contributed by atoms with Gasteiger partial charge in [-0.15, -0.1) is 0 Å². The predicted molar refractivity (Wildman–Crippen MR) is 86.9 cm³/mol. The van der Waals surface area contributed by atoms with Crippen LogP contribution in [-0.2, 0) is 22.5 Å². The molecule has 0 N–H and O–H groups in total. The number of carbonyl (C=O) groups excluding carboxylic acids is 1. The minimum absolute atomic E-state index is 0.00299. The molecule has 2 aromatic rings. The molecule has 0 bridgehead atoms. The number of rotatable bonds is 5. The highest BCUT2D eigenvalue weighted by Crippen LogP contribution is 2.19. The molecule has 1 heterocycles. The van der Waals surface area contributed by atoms with E-state index in [0.717, 1.165) is 12.0 Å². The van der Waals surface area contributed by atoms with Crippen LogP contribution in [0, 0.1) is 11.3 Å². The Balaban J connectivity index is 2.53. The van der Waals surface area contributed by atoms with E-state index in [0.29, 0.717) is 5.69 Å². The van der Waals surface area contributed by atoms with Gasteiger partial charge in [0.15, 0.2) is 0 Å². The molecule has 1 aromatic carbocycles. The second-order valence-corrected chi connectivity index (χ2v) is 4.99. The van der Waals surface area contributed by atoms with Crippen LogP contribution in [0.5, 0.6) is 0 Å². The fraction of sp³-hybridized carbons (Fsp3) is 0.278. The molecule has 118 valence electrons. The predicted octanol–water partition coefficient (Wildman–Crippen LogP) is 2.51. The summed E-state index contributed by atoms with van der Waals surface area (Å²) in [7, 11) is 0. The number of esters is 1. The van der Waals surface area contributed by atoms with Gasteiger partial charge in [0.2, 0.25) is 0 Å². The normalized spacial score (nSPS) is 10.1. The summed E-state index contributed by atoms with van der Waals surface area (Å²) in [4.78, 5) is 24.2. The molecule has 1 aromatic heterocycles. The van der Waals surface area contributed by atoms with Crippen LogP contribution < -0.4 is 5.56 Å². The van der Waals surface area contributed by atoms with Gasteiger partial charge in [-0.1, -0.05) is 31.2 Å². The zero-order valence-electron chi connectivity index (χ0n) is 13.2. The van der Waals surface area contributed by atoms with E-state index in [1.807, 2.05) is 30.3 Å². The summed E-state index contributed by atoms with van der Waals surface area (Å²) in [6, 6.07) is 12.8. The first-order valence-corrected chi connectivity index (χ1v) is 7.49. The Morgan fingerprint density at radius 2 is 1.87 bits per heavy atom. The minimum atomic E-state index is -0.504. The van der Waals surface area contributed by atoms with Gasteiger partial charge in [-0.2, -0.15) is 5.26 Å². The highest BCUT2D eigenvalue weighted by molar-refractivity contribution is 5.71. The summed E-state index contributed by atoms with van der Waals surface area (Å²) in [5, 5.41) is 9.03. The van der Waals surface area contributed by atoms with Gasteiger partial charge in [-0.3, -0.25) is 14.2 Å². The number of benzene rings is 1. The largest absolute Gasteiger partial charge is 0.465 e. The third kappa shape index (κ3) is 3.67. The Bertz CT molecular complexity index is 798. The molecule has 5 heteroatoms. The smallest absolute Gasteiger partial charge is 0.326 e. The molecule has 0 saturated carbocycles. The summed E-state index contributed by atoms with van der Waals surface area (Å²) < 4.78 is 6.21. The Kier molecular flexibility index (Phi) is 5.32. The number of nitriles is 1. The lowest BCUT2D eigenvalue weighted by molar-refractivity contribution is -0.143. The summed E-state index contributed by atoms with van der Waals surface area (Å²) in [5.74, 6) is -0.504.